The van der Waals surface area contributed by atoms with Gasteiger partial charge >= 0.3 is 5.97 Å². The Balaban J connectivity index is 2.07. The molecular formula is C15H14FNO4. The third-order valence-corrected chi connectivity index (χ3v) is 3.06. The van der Waals surface area contributed by atoms with Crippen LogP contribution in [0, 0.1) is 19.7 Å². The van der Waals surface area contributed by atoms with Crippen LogP contribution in [0.3, 0.4) is 0 Å². The maximum atomic E-state index is 13.0. The highest BCUT2D eigenvalue weighted by Gasteiger charge is 2.15. The summed E-state index contributed by atoms with van der Waals surface area (Å²) in [5.41, 5.74) is 0.949. The smallest absolute Gasteiger partial charge is 0.339 e. The number of carbonyl (C=O) groups is 2. The van der Waals surface area contributed by atoms with Gasteiger partial charge in [-0.3, -0.25) is 4.79 Å². The zero-order chi connectivity index (χ0) is 15.6. The Labute approximate surface area is 120 Å². The fourth-order valence-electron chi connectivity index (χ4n) is 1.99. The molecule has 2 N–H and O–H groups in total. The molecule has 0 bridgehead atoms. The van der Waals surface area contributed by atoms with Crippen molar-refractivity contribution in [3.05, 3.63) is 58.3 Å². The van der Waals surface area contributed by atoms with Gasteiger partial charge in [-0.25, -0.2) is 9.18 Å². The number of benzene rings is 1. The maximum Gasteiger partial charge on any atom is 0.339 e. The molecule has 1 amide bonds. The molecule has 0 spiro atoms. The SMILES string of the molecule is Cc1cc(F)ccc1C(=O)NCc1cc(C(=O)O)c(C)o1. The van der Waals surface area contributed by atoms with Crippen LogP contribution in [0.4, 0.5) is 4.39 Å². The molecule has 1 aromatic heterocycles. The number of aromatic carboxylic acids is 1. The van der Waals surface area contributed by atoms with Gasteiger partial charge in [-0.15, -0.1) is 0 Å². The summed E-state index contributed by atoms with van der Waals surface area (Å²) in [6, 6.07) is 5.25. The molecule has 0 aliphatic heterocycles. The van der Waals surface area contributed by atoms with E-state index in [1.165, 1.54) is 24.3 Å². The van der Waals surface area contributed by atoms with Crippen LogP contribution in [-0.2, 0) is 6.54 Å². The van der Waals surface area contributed by atoms with Crippen LogP contribution in [0.1, 0.15) is 37.8 Å². The summed E-state index contributed by atoms with van der Waals surface area (Å²) in [4.78, 5) is 22.9. The van der Waals surface area contributed by atoms with Crippen LogP contribution >= 0.6 is 0 Å². The summed E-state index contributed by atoms with van der Waals surface area (Å²) >= 11 is 0. The second-order valence-electron chi connectivity index (χ2n) is 4.63. The number of rotatable bonds is 4. The van der Waals surface area contributed by atoms with Crippen LogP contribution in [0.2, 0.25) is 0 Å². The molecule has 0 aliphatic carbocycles. The van der Waals surface area contributed by atoms with E-state index < -0.39 is 11.8 Å². The van der Waals surface area contributed by atoms with Gasteiger partial charge in [0.1, 0.15) is 22.9 Å². The topological polar surface area (TPSA) is 79.5 Å². The number of furan rings is 1. The van der Waals surface area contributed by atoms with Crippen molar-refractivity contribution in [1.29, 1.82) is 0 Å². The first kappa shape index (κ1) is 14.8. The van der Waals surface area contributed by atoms with Crippen molar-refractivity contribution in [3.8, 4) is 0 Å². The number of nitrogens with one attached hydrogen (secondary N) is 1. The van der Waals surface area contributed by atoms with E-state index in [1.807, 2.05) is 0 Å². The van der Waals surface area contributed by atoms with Crippen molar-refractivity contribution < 1.29 is 23.5 Å². The number of halogens is 1. The van der Waals surface area contributed by atoms with Crippen LogP contribution < -0.4 is 5.32 Å². The summed E-state index contributed by atoms with van der Waals surface area (Å²) in [5, 5.41) is 11.5. The first-order valence-electron chi connectivity index (χ1n) is 6.25. The summed E-state index contributed by atoms with van der Waals surface area (Å²) in [6.07, 6.45) is 0. The van der Waals surface area contributed by atoms with Crippen molar-refractivity contribution in [3.63, 3.8) is 0 Å². The number of carboxylic acid groups (broad SMARTS) is 1. The van der Waals surface area contributed by atoms with Gasteiger partial charge in [0.25, 0.3) is 5.91 Å². The summed E-state index contributed by atoms with van der Waals surface area (Å²) in [6.45, 7) is 3.24. The van der Waals surface area contributed by atoms with Crippen LogP contribution in [-0.4, -0.2) is 17.0 Å². The van der Waals surface area contributed by atoms with Gasteiger partial charge in [-0.2, -0.15) is 0 Å². The van der Waals surface area contributed by atoms with E-state index in [1.54, 1.807) is 13.8 Å². The second kappa shape index (κ2) is 5.78. The molecule has 0 aliphatic rings. The molecule has 0 fully saturated rings. The van der Waals surface area contributed by atoms with Gasteiger partial charge in [-0.1, -0.05) is 0 Å². The van der Waals surface area contributed by atoms with E-state index in [4.69, 9.17) is 9.52 Å². The van der Waals surface area contributed by atoms with Gasteiger partial charge in [0.2, 0.25) is 0 Å². The van der Waals surface area contributed by atoms with Gasteiger partial charge in [0.15, 0.2) is 0 Å². The third kappa shape index (κ3) is 3.28. The Kier molecular flexibility index (Phi) is 4.07. The standard InChI is InChI=1S/C15H14FNO4/c1-8-5-10(16)3-4-12(8)14(18)17-7-11-6-13(15(19)20)9(2)21-11/h3-6H,7H2,1-2H3,(H,17,18)(H,19,20). The highest BCUT2D eigenvalue weighted by molar-refractivity contribution is 5.95. The van der Waals surface area contributed by atoms with Gasteiger partial charge in [0.05, 0.1) is 6.54 Å². The second-order valence-corrected chi connectivity index (χ2v) is 4.63. The summed E-state index contributed by atoms with van der Waals surface area (Å²) < 4.78 is 18.2. The lowest BCUT2D eigenvalue weighted by Gasteiger charge is -2.06. The normalized spacial score (nSPS) is 10.4. The first-order chi connectivity index (χ1) is 9.88. The Morgan fingerprint density at radius 1 is 1.24 bits per heavy atom. The number of aryl methyl sites for hydroxylation is 2. The van der Waals surface area contributed by atoms with E-state index >= 15 is 0 Å². The fraction of sp³-hybridized carbons (Fsp3) is 0.200. The average molecular weight is 291 g/mol. The van der Waals surface area contributed by atoms with Crippen molar-refractivity contribution in [2.75, 3.05) is 0 Å². The predicted octanol–water partition coefficient (Wildman–Crippen LogP) is 2.66. The minimum atomic E-state index is -1.08. The molecule has 21 heavy (non-hydrogen) atoms. The number of hydrogen-bond acceptors (Lipinski definition) is 3. The molecule has 110 valence electrons. The van der Waals surface area contributed by atoms with E-state index in [0.717, 1.165) is 0 Å². The minimum Gasteiger partial charge on any atom is -0.478 e. The Hall–Kier alpha value is -2.63. The van der Waals surface area contributed by atoms with E-state index in [-0.39, 0.29) is 23.8 Å². The Bertz CT molecular complexity index is 706. The van der Waals surface area contributed by atoms with E-state index in [2.05, 4.69) is 5.32 Å². The molecule has 5 nitrogen and oxygen atoms in total. The van der Waals surface area contributed by atoms with Crippen molar-refractivity contribution in [2.45, 2.75) is 20.4 Å². The highest BCUT2D eigenvalue weighted by Crippen LogP contribution is 2.15. The van der Waals surface area contributed by atoms with Crippen LogP contribution in [0.5, 0.6) is 0 Å². The molecule has 2 aromatic rings. The lowest BCUT2D eigenvalue weighted by molar-refractivity contribution is 0.0694. The zero-order valence-electron chi connectivity index (χ0n) is 11.6. The first-order valence-corrected chi connectivity index (χ1v) is 6.25. The summed E-state index contributed by atoms with van der Waals surface area (Å²) in [7, 11) is 0. The Morgan fingerprint density at radius 2 is 1.95 bits per heavy atom. The van der Waals surface area contributed by atoms with Gasteiger partial charge < -0.3 is 14.8 Å². The number of amides is 1. The molecule has 0 unspecified atom stereocenters. The average Bonchev–Trinajstić information content (AvgIpc) is 2.77. The maximum absolute atomic E-state index is 13.0. The zero-order valence-corrected chi connectivity index (χ0v) is 11.6. The molecule has 6 heteroatoms. The lowest BCUT2D eigenvalue weighted by atomic mass is 10.1. The molecule has 2 rings (SSSR count). The Morgan fingerprint density at radius 3 is 2.52 bits per heavy atom. The molecule has 0 saturated carbocycles. The number of hydrogen-bond donors (Lipinski definition) is 2. The molecule has 1 heterocycles. The number of carbonyl (C=O) groups excluding carboxylic acids is 1. The van der Waals surface area contributed by atoms with Crippen molar-refractivity contribution in [2.24, 2.45) is 0 Å². The van der Waals surface area contributed by atoms with Gasteiger partial charge in [-0.05, 0) is 43.7 Å². The molecule has 0 atom stereocenters. The third-order valence-electron chi connectivity index (χ3n) is 3.06. The fourth-order valence-corrected chi connectivity index (χ4v) is 1.99. The van der Waals surface area contributed by atoms with Crippen LogP contribution in [0.15, 0.2) is 28.7 Å². The predicted molar refractivity (Wildman–Crippen MR) is 72.7 cm³/mol. The lowest BCUT2D eigenvalue weighted by Crippen LogP contribution is -2.23. The van der Waals surface area contributed by atoms with Crippen molar-refractivity contribution in [1.82, 2.24) is 5.32 Å². The van der Waals surface area contributed by atoms with E-state index in [9.17, 15) is 14.0 Å². The van der Waals surface area contributed by atoms with E-state index in [0.29, 0.717) is 16.9 Å². The minimum absolute atomic E-state index is 0.0593. The largest absolute Gasteiger partial charge is 0.478 e. The molecule has 0 saturated heterocycles. The van der Waals surface area contributed by atoms with Crippen molar-refractivity contribution >= 4 is 11.9 Å². The molecule has 1 aromatic carbocycles. The van der Waals surface area contributed by atoms with Crippen LogP contribution in [0.25, 0.3) is 0 Å². The monoisotopic (exact) mass is 291 g/mol. The quantitative estimate of drug-likeness (QED) is 0.907. The van der Waals surface area contributed by atoms with Gasteiger partial charge in [0, 0.05) is 5.56 Å². The highest BCUT2D eigenvalue weighted by atomic mass is 19.1. The number of carboxylic acids is 1. The molecule has 0 radical (unpaired) electrons. The molecular weight excluding hydrogens is 277 g/mol. The summed E-state index contributed by atoms with van der Waals surface area (Å²) in [5.74, 6) is -1.24.